The standard InChI is InChI=1S/C14H8N2.Y/c1-2-6-11(7-3-1)14-12-8-4-5-9-13(12)15-10-16-14;/h1-6,9-10H;/q-2;. The second-order valence-electron chi connectivity index (χ2n) is 3.43. The van der Waals surface area contributed by atoms with Crippen LogP contribution in [0, 0.1) is 12.1 Å². The topological polar surface area (TPSA) is 25.8 Å². The van der Waals surface area contributed by atoms with E-state index in [1.54, 1.807) is 6.33 Å². The molecule has 0 amide bonds. The first-order valence-corrected chi connectivity index (χ1v) is 5.03. The first-order chi connectivity index (χ1) is 7.95. The maximum atomic E-state index is 4.30. The van der Waals surface area contributed by atoms with Crippen molar-refractivity contribution in [2.75, 3.05) is 0 Å². The molecule has 3 heteroatoms. The molecule has 17 heavy (non-hydrogen) atoms. The van der Waals surface area contributed by atoms with Gasteiger partial charge in [-0.05, 0) is 11.2 Å². The van der Waals surface area contributed by atoms with E-state index in [0.29, 0.717) is 0 Å². The molecule has 0 spiro atoms. The summed E-state index contributed by atoms with van der Waals surface area (Å²) >= 11 is 0. The van der Waals surface area contributed by atoms with Crippen LogP contribution in [0.1, 0.15) is 0 Å². The summed E-state index contributed by atoms with van der Waals surface area (Å²) in [6.07, 6.45) is 1.58. The summed E-state index contributed by atoms with van der Waals surface area (Å²) in [4.78, 5) is 8.51. The van der Waals surface area contributed by atoms with Crippen LogP contribution in [0.2, 0.25) is 0 Å². The van der Waals surface area contributed by atoms with Crippen LogP contribution in [0.25, 0.3) is 22.2 Å². The van der Waals surface area contributed by atoms with E-state index >= 15 is 0 Å². The maximum Gasteiger partial charge on any atom is 0.0949 e. The van der Waals surface area contributed by atoms with E-state index < -0.39 is 0 Å². The van der Waals surface area contributed by atoms with Crippen molar-refractivity contribution in [1.82, 2.24) is 9.97 Å². The molecular formula is C14H8N2Y-2. The fraction of sp³-hybridized carbons (Fsp3) is 0. The molecule has 0 aliphatic carbocycles. The summed E-state index contributed by atoms with van der Waals surface area (Å²) in [6, 6.07) is 19.9. The molecule has 0 bridgehead atoms. The number of hydrogen-bond donors (Lipinski definition) is 0. The predicted octanol–water partition coefficient (Wildman–Crippen LogP) is 2.89. The molecule has 2 aromatic carbocycles. The van der Waals surface area contributed by atoms with Crippen molar-refractivity contribution >= 4 is 10.9 Å². The first kappa shape index (κ1) is 12.3. The third kappa shape index (κ3) is 2.43. The van der Waals surface area contributed by atoms with Crippen molar-refractivity contribution in [3.05, 3.63) is 60.9 Å². The van der Waals surface area contributed by atoms with Crippen molar-refractivity contribution in [3.63, 3.8) is 0 Å². The molecule has 2 nitrogen and oxygen atoms in total. The van der Waals surface area contributed by atoms with Crippen molar-refractivity contribution < 1.29 is 32.7 Å². The Labute approximate surface area is 125 Å². The van der Waals surface area contributed by atoms with Gasteiger partial charge in [-0.15, -0.1) is 65.5 Å². The van der Waals surface area contributed by atoms with Gasteiger partial charge in [-0.25, -0.2) is 0 Å². The third-order valence-corrected chi connectivity index (χ3v) is 2.42. The molecule has 0 aliphatic rings. The molecule has 0 N–H and O–H groups in total. The summed E-state index contributed by atoms with van der Waals surface area (Å²) < 4.78 is 0. The minimum Gasteiger partial charge on any atom is -0.288 e. The molecule has 1 aromatic heterocycles. The van der Waals surface area contributed by atoms with Crippen LogP contribution in [0.15, 0.2) is 48.8 Å². The Balaban J connectivity index is 0.00000108. The average molecular weight is 293 g/mol. The van der Waals surface area contributed by atoms with Crippen molar-refractivity contribution in [2.24, 2.45) is 0 Å². The Bertz CT molecular complexity index is 618. The molecule has 1 heterocycles. The number of fused-ring (bicyclic) bond motifs is 1. The molecule has 0 fully saturated rings. The van der Waals surface area contributed by atoms with E-state index in [0.717, 1.165) is 22.2 Å². The van der Waals surface area contributed by atoms with Crippen LogP contribution < -0.4 is 0 Å². The van der Waals surface area contributed by atoms with E-state index in [1.165, 1.54) is 0 Å². The number of rotatable bonds is 1. The van der Waals surface area contributed by atoms with E-state index in [2.05, 4.69) is 22.1 Å². The van der Waals surface area contributed by atoms with Crippen molar-refractivity contribution in [3.8, 4) is 11.3 Å². The maximum absolute atomic E-state index is 4.30. The molecular weight excluding hydrogens is 285 g/mol. The van der Waals surface area contributed by atoms with Crippen LogP contribution in [0.4, 0.5) is 0 Å². The van der Waals surface area contributed by atoms with E-state index in [9.17, 15) is 0 Å². The summed E-state index contributed by atoms with van der Waals surface area (Å²) in [6.45, 7) is 0. The monoisotopic (exact) mass is 293 g/mol. The van der Waals surface area contributed by atoms with Crippen LogP contribution in [-0.4, -0.2) is 9.97 Å². The normalized spacial score (nSPS) is 9.88. The first-order valence-electron chi connectivity index (χ1n) is 5.03. The van der Waals surface area contributed by atoms with E-state index in [4.69, 9.17) is 0 Å². The minimum absolute atomic E-state index is 0. The number of benzene rings is 2. The molecule has 0 saturated carbocycles. The number of aromatic nitrogens is 2. The summed E-state index contributed by atoms with van der Waals surface area (Å²) in [5, 5.41) is 0.937. The van der Waals surface area contributed by atoms with Gasteiger partial charge < -0.3 is 0 Å². The smallest absolute Gasteiger partial charge is 0.0949 e. The van der Waals surface area contributed by atoms with Crippen molar-refractivity contribution in [1.29, 1.82) is 0 Å². The van der Waals surface area contributed by atoms with Crippen LogP contribution >= 0.6 is 0 Å². The van der Waals surface area contributed by atoms with Gasteiger partial charge in [0.15, 0.2) is 0 Å². The predicted molar refractivity (Wildman–Crippen MR) is 62.6 cm³/mol. The molecule has 0 saturated heterocycles. The second kappa shape index (κ2) is 5.48. The molecule has 3 rings (SSSR count). The minimum atomic E-state index is 0. The van der Waals surface area contributed by atoms with Gasteiger partial charge in [0.05, 0.1) is 6.33 Å². The molecule has 1 radical (unpaired) electrons. The summed E-state index contributed by atoms with van der Waals surface area (Å²) in [5.74, 6) is 0. The van der Waals surface area contributed by atoms with Crippen molar-refractivity contribution in [2.45, 2.75) is 0 Å². The zero-order chi connectivity index (χ0) is 10.8. The second-order valence-corrected chi connectivity index (χ2v) is 3.43. The molecule has 3 aromatic rings. The molecule has 0 aliphatic heterocycles. The zero-order valence-corrected chi connectivity index (χ0v) is 11.9. The third-order valence-electron chi connectivity index (χ3n) is 2.42. The Morgan fingerprint density at radius 3 is 2.59 bits per heavy atom. The van der Waals surface area contributed by atoms with Gasteiger partial charge in [-0.3, -0.25) is 9.97 Å². The van der Waals surface area contributed by atoms with E-state index in [-0.39, 0.29) is 32.7 Å². The molecule has 0 unspecified atom stereocenters. The van der Waals surface area contributed by atoms with Crippen LogP contribution in [-0.2, 0) is 32.7 Å². The summed E-state index contributed by atoms with van der Waals surface area (Å²) in [5.41, 5.74) is 2.76. The van der Waals surface area contributed by atoms with Gasteiger partial charge in [0, 0.05) is 32.7 Å². The van der Waals surface area contributed by atoms with Gasteiger partial charge in [0.1, 0.15) is 0 Å². The van der Waals surface area contributed by atoms with Gasteiger partial charge in [0.2, 0.25) is 0 Å². The zero-order valence-electron chi connectivity index (χ0n) is 9.09. The number of hydrogen-bond acceptors (Lipinski definition) is 2. The van der Waals surface area contributed by atoms with Gasteiger partial charge in [0.25, 0.3) is 0 Å². The molecule has 0 atom stereocenters. The average Bonchev–Trinajstić information content (AvgIpc) is 2.39. The Hall–Kier alpha value is -1.12. The SMILES string of the molecule is [Y].[c-]1ccccc1-c1ncnc2ccc[c-]c12. The van der Waals surface area contributed by atoms with Crippen LogP contribution in [0.3, 0.4) is 0 Å². The van der Waals surface area contributed by atoms with Gasteiger partial charge in [-0.2, -0.15) is 0 Å². The van der Waals surface area contributed by atoms with Gasteiger partial charge >= 0.3 is 0 Å². The fourth-order valence-electron chi connectivity index (χ4n) is 1.68. The Kier molecular flexibility index (Phi) is 3.98. The largest absolute Gasteiger partial charge is 0.288 e. The Morgan fingerprint density at radius 2 is 1.76 bits per heavy atom. The fourth-order valence-corrected chi connectivity index (χ4v) is 1.68. The van der Waals surface area contributed by atoms with Gasteiger partial charge in [-0.1, -0.05) is 0 Å². The number of nitrogens with zero attached hydrogens (tertiary/aromatic N) is 2. The van der Waals surface area contributed by atoms with Crippen LogP contribution in [0.5, 0.6) is 0 Å². The Morgan fingerprint density at radius 1 is 0.882 bits per heavy atom. The summed E-state index contributed by atoms with van der Waals surface area (Å²) in [7, 11) is 0. The van der Waals surface area contributed by atoms with E-state index in [1.807, 2.05) is 42.5 Å². The quantitative estimate of drug-likeness (QED) is 0.645. The molecule has 79 valence electrons.